The van der Waals surface area contributed by atoms with E-state index in [1.165, 1.54) is 6.42 Å². The van der Waals surface area contributed by atoms with Crippen LogP contribution in [0.1, 0.15) is 18.5 Å². The topological polar surface area (TPSA) is 60.2 Å². The summed E-state index contributed by atoms with van der Waals surface area (Å²) < 4.78 is 5.53. The van der Waals surface area contributed by atoms with Gasteiger partial charge in [0.1, 0.15) is 0 Å². The average molecular weight is 271 g/mol. The number of nitrogens with one attached hydrogen (secondary N) is 1. The van der Waals surface area contributed by atoms with Gasteiger partial charge in [-0.05, 0) is 43.9 Å². The second-order valence-corrected chi connectivity index (χ2v) is 5.54. The highest BCUT2D eigenvalue weighted by Gasteiger charge is 2.14. The second-order valence-electron chi connectivity index (χ2n) is 5.54. The Labute approximate surface area is 119 Å². The molecule has 4 nitrogen and oxygen atoms in total. The van der Waals surface area contributed by atoms with E-state index in [2.05, 4.69) is 22.4 Å². The molecule has 3 rings (SSSR count). The maximum atomic E-state index is 6.03. The maximum absolute atomic E-state index is 6.03. The summed E-state index contributed by atoms with van der Waals surface area (Å²) >= 11 is 0. The third kappa shape index (κ3) is 2.70. The monoisotopic (exact) mass is 271 g/mol. The quantitative estimate of drug-likeness (QED) is 0.843. The van der Waals surface area contributed by atoms with E-state index < -0.39 is 0 Å². The van der Waals surface area contributed by atoms with E-state index >= 15 is 0 Å². The summed E-state index contributed by atoms with van der Waals surface area (Å²) in [5, 5.41) is 5.71. The van der Waals surface area contributed by atoms with Gasteiger partial charge in [-0.1, -0.05) is 0 Å². The van der Waals surface area contributed by atoms with E-state index in [0.717, 1.165) is 54.0 Å². The zero-order chi connectivity index (χ0) is 13.9. The lowest BCUT2D eigenvalue weighted by molar-refractivity contribution is 0.0595. The molecule has 106 valence electrons. The van der Waals surface area contributed by atoms with Crippen molar-refractivity contribution in [2.75, 3.05) is 30.8 Å². The molecule has 0 saturated carbocycles. The van der Waals surface area contributed by atoms with Crippen LogP contribution in [0, 0.1) is 12.8 Å². The van der Waals surface area contributed by atoms with Crippen LogP contribution in [-0.2, 0) is 4.74 Å². The molecule has 1 aliphatic rings. The fourth-order valence-corrected chi connectivity index (χ4v) is 2.74. The van der Waals surface area contributed by atoms with Crippen molar-refractivity contribution in [3.05, 3.63) is 30.1 Å². The molecule has 0 bridgehead atoms. The molecule has 0 radical (unpaired) electrons. The first-order valence-electron chi connectivity index (χ1n) is 7.20. The number of hydrogen-bond donors (Lipinski definition) is 2. The molecule has 1 aromatic heterocycles. The molecular formula is C16H21N3O. The number of nitrogen functional groups attached to an aromatic ring is 1. The number of aromatic nitrogens is 1. The van der Waals surface area contributed by atoms with E-state index in [1.807, 2.05) is 19.2 Å². The zero-order valence-electron chi connectivity index (χ0n) is 11.9. The van der Waals surface area contributed by atoms with Gasteiger partial charge in [-0.15, -0.1) is 0 Å². The summed E-state index contributed by atoms with van der Waals surface area (Å²) in [5.41, 5.74) is 8.94. The lowest BCUT2D eigenvalue weighted by Gasteiger charge is -2.23. The minimum Gasteiger partial charge on any atom is -0.398 e. The summed E-state index contributed by atoms with van der Waals surface area (Å²) in [6.07, 6.45) is 4.26. The Kier molecular flexibility index (Phi) is 3.74. The van der Waals surface area contributed by atoms with Crippen molar-refractivity contribution >= 4 is 22.1 Å². The normalized spacial score (nSPS) is 19.1. The van der Waals surface area contributed by atoms with Crippen molar-refractivity contribution < 1.29 is 4.74 Å². The minimum atomic E-state index is 0.597. The third-order valence-corrected chi connectivity index (χ3v) is 3.91. The third-order valence-electron chi connectivity index (χ3n) is 3.91. The van der Waals surface area contributed by atoms with Crippen molar-refractivity contribution in [2.24, 2.45) is 5.92 Å². The molecule has 4 heteroatoms. The second kappa shape index (κ2) is 5.67. The standard InChI is InChI=1S/C16H21N3O/c1-11-7-13-14(9-18-11)15(17)4-5-16(13)19-8-12-3-2-6-20-10-12/h4-5,7,9,12,19H,2-3,6,8,10,17H2,1H3. The summed E-state index contributed by atoms with van der Waals surface area (Å²) in [7, 11) is 0. The predicted octanol–water partition coefficient (Wildman–Crippen LogP) is 2.96. The lowest BCUT2D eigenvalue weighted by Crippen LogP contribution is -2.24. The van der Waals surface area contributed by atoms with Gasteiger partial charge in [0.05, 0.1) is 6.61 Å². The predicted molar refractivity (Wildman–Crippen MR) is 82.9 cm³/mol. The highest BCUT2D eigenvalue weighted by Crippen LogP contribution is 2.28. The lowest BCUT2D eigenvalue weighted by atomic mass is 10.0. The Morgan fingerprint density at radius 1 is 1.40 bits per heavy atom. The Morgan fingerprint density at radius 3 is 3.10 bits per heavy atom. The number of anilines is 2. The Bertz CT molecular complexity index is 606. The van der Waals surface area contributed by atoms with Crippen molar-refractivity contribution in [2.45, 2.75) is 19.8 Å². The molecule has 2 aromatic rings. The molecule has 2 heterocycles. The molecule has 0 amide bonds. The van der Waals surface area contributed by atoms with E-state index in [0.29, 0.717) is 5.92 Å². The SMILES string of the molecule is Cc1cc2c(NCC3CCCOC3)ccc(N)c2cn1. The van der Waals surface area contributed by atoms with Crippen molar-refractivity contribution in [3.63, 3.8) is 0 Å². The first-order valence-corrected chi connectivity index (χ1v) is 7.20. The van der Waals surface area contributed by atoms with Crippen LogP contribution in [0.25, 0.3) is 10.8 Å². The minimum absolute atomic E-state index is 0.597. The van der Waals surface area contributed by atoms with Crippen LogP contribution in [-0.4, -0.2) is 24.7 Å². The number of ether oxygens (including phenoxy) is 1. The number of rotatable bonds is 3. The number of hydrogen-bond acceptors (Lipinski definition) is 4. The van der Waals surface area contributed by atoms with E-state index in [9.17, 15) is 0 Å². The first-order chi connectivity index (χ1) is 9.74. The Morgan fingerprint density at radius 2 is 2.30 bits per heavy atom. The van der Waals surface area contributed by atoms with Crippen LogP contribution in [0.3, 0.4) is 0 Å². The zero-order valence-corrected chi connectivity index (χ0v) is 11.9. The van der Waals surface area contributed by atoms with Crippen LogP contribution in [0.4, 0.5) is 11.4 Å². The molecule has 0 spiro atoms. The maximum Gasteiger partial charge on any atom is 0.0511 e. The van der Waals surface area contributed by atoms with Crippen molar-refractivity contribution in [3.8, 4) is 0 Å². The fraction of sp³-hybridized carbons (Fsp3) is 0.438. The Balaban J connectivity index is 1.83. The molecule has 1 aromatic carbocycles. The highest BCUT2D eigenvalue weighted by atomic mass is 16.5. The average Bonchev–Trinajstić information content (AvgIpc) is 2.47. The molecule has 3 N–H and O–H groups in total. The number of aryl methyl sites for hydroxylation is 1. The van der Waals surface area contributed by atoms with Crippen LogP contribution in [0.2, 0.25) is 0 Å². The summed E-state index contributed by atoms with van der Waals surface area (Å²) in [4.78, 5) is 4.33. The molecule has 20 heavy (non-hydrogen) atoms. The van der Waals surface area contributed by atoms with Gasteiger partial charge in [-0.3, -0.25) is 4.98 Å². The van der Waals surface area contributed by atoms with Gasteiger partial charge >= 0.3 is 0 Å². The van der Waals surface area contributed by atoms with E-state index in [-0.39, 0.29) is 0 Å². The van der Waals surface area contributed by atoms with E-state index in [1.54, 1.807) is 0 Å². The number of pyridine rings is 1. The van der Waals surface area contributed by atoms with E-state index in [4.69, 9.17) is 10.5 Å². The fourth-order valence-electron chi connectivity index (χ4n) is 2.74. The first kappa shape index (κ1) is 13.2. The van der Waals surface area contributed by atoms with Gasteiger partial charge in [0.2, 0.25) is 0 Å². The highest BCUT2D eigenvalue weighted by molar-refractivity contribution is 6.00. The van der Waals surface area contributed by atoms with Crippen LogP contribution < -0.4 is 11.1 Å². The number of benzene rings is 1. The number of nitrogens with zero attached hydrogens (tertiary/aromatic N) is 1. The van der Waals surface area contributed by atoms with Crippen molar-refractivity contribution in [1.29, 1.82) is 0 Å². The van der Waals surface area contributed by atoms with Gasteiger partial charge in [-0.2, -0.15) is 0 Å². The molecule has 1 saturated heterocycles. The van der Waals surface area contributed by atoms with Gasteiger partial charge in [0.15, 0.2) is 0 Å². The van der Waals surface area contributed by atoms with Gasteiger partial charge in [0.25, 0.3) is 0 Å². The number of fused-ring (bicyclic) bond motifs is 1. The van der Waals surface area contributed by atoms with Crippen LogP contribution >= 0.6 is 0 Å². The number of nitrogens with two attached hydrogens (primary N) is 1. The Hall–Kier alpha value is -1.81. The summed E-state index contributed by atoms with van der Waals surface area (Å²) in [5.74, 6) is 0.597. The summed E-state index contributed by atoms with van der Waals surface area (Å²) in [6, 6.07) is 6.09. The molecule has 1 fully saturated rings. The van der Waals surface area contributed by atoms with Gasteiger partial charge in [0, 0.05) is 47.2 Å². The summed E-state index contributed by atoms with van der Waals surface area (Å²) in [6.45, 7) is 4.72. The molecule has 1 atom stereocenters. The molecule has 0 aliphatic carbocycles. The molecule has 1 unspecified atom stereocenters. The molecular weight excluding hydrogens is 250 g/mol. The largest absolute Gasteiger partial charge is 0.398 e. The van der Waals surface area contributed by atoms with Crippen molar-refractivity contribution in [1.82, 2.24) is 4.98 Å². The van der Waals surface area contributed by atoms with Gasteiger partial charge < -0.3 is 15.8 Å². The molecule has 1 aliphatic heterocycles. The van der Waals surface area contributed by atoms with Crippen LogP contribution in [0.15, 0.2) is 24.4 Å². The smallest absolute Gasteiger partial charge is 0.0511 e. The van der Waals surface area contributed by atoms with Crippen LogP contribution in [0.5, 0.6) is 0 Å². The van der Waals surface area contributed by atoms with Gasteiger partial charge in [-0.25, -0.2) is 0 Å².